The summed E-state index contributed by atoms with van der Waals surface area (Å²) in [7, 11) is 0.588. The van der Waals surface area contributed by atoms with E-state index < -0.39 is 36.0 Å². The monoisotopic (exact) mass is 248 g/mol. The van der Waals surface area contributed by atoms with Crippen molar-refractivity contribution in [3.63, 3.8) is 0 Å². The first kappa shape index (κ1) is 13.2. The Morgan fingerprint density at radius 2 is 1.59 bits per heavy atom. The Bertz CT molecular complexity index is 304. The molecule has 1 saturated carbocycles. The summed E-state index contributed by atoms with van der Waals surface area (Å²) in [5.74, 6) is -4.41. The SMILES string of the molecule is COC[C@@H]1[C@@H](B2OC(C)(C)C(C)(C)O2)C1(F)F. The third kappa shape index (κ3) is 1.90. The number of methoxy groups -OCH3 is 1. The van der Waals surface area contributed by atoms with Gasteiger partial charge in [-0.1, -0.05) is 0 Å². The van der Waals surface area contributed by atoms with Crippen LogP contribution in [0.15, 0.2) is 0 Å². The third-order valence-electron chi connectivity index (χ3n) is 4.17. The Hall–Kier alpha value is -0.195. The molecule has 0 aromatic rings. The lowest BCUT2D eigenvalue weighted by Crippen LogP contribution is -2.41. The van der Waals surface area contributed by atoms with Crippen LogP contribution in [0.2, 0.25) is 5.82 Å². The van der Waals surface area contributed by atoms with Crippen LogP contribution in [0, 0.1) is 5.92 Å². The Morgan fingerprint density at radius 3 is 2.00 bits per heavy atom. The fourth-order valence-electron chi connectivity index (χ4n) is 2.22. The lowest BCUT2D eigenvalue weighted by Gasteiger charge is -2.32. The predicted molar refractivity (Wildman–Crippen MR) is 60.1 cm³/mol. The van der Waals surface area contributed by atoms with Gasteiger partial charge in [-0.2, -0.15) is 0 Å². The van der Waals surface area contributed by atoms with E-state index in [-0.39, 0.29) is 6.61 Å². The van der Waals surface area contributed by atoms with Crippen molar-refractivity contribution in [2.45, 2.75) is 50.6 Å². The van der Waals surface area contributed by atoms with Crippen molar-refractivity contribution in [2.75, 3.05) is 13.7 Å². The molecule has 0 radical (unpaired) electrons. The van der Waals surface area contributed by atoms with Crippen molar-refractivity contribution < 1.29 is 22.8 Å². The van der Waals surface area contributed by atoms with Crippen LogP contribution in [0.5, 0.6) is 0 Å². The predicted octanol–water partition coefficient (Wildman–Crippen LogP) is 2.36. The molecule has 0 unspecified atom stereocenters. The van der Waals surface area contributed by atoms with E-state index in [4.69, 9.17) is 14.0 Å². The maximum atomic E-state index is 13.6. The Morgan fingerprint density at radius 1 is 1.12 bits per heavy atom. The molecule has 0 N–H and O–H groups in total. The van der Waals surface area contributed by atoms with Gasteiger partial charge in [0.2, 0.25) is 0 Å². The summed E-state index contributed by atoms with van der Waals surface area (Å²) >= 11 is 0. The molecule has 1 aliphatic heterocycles. The summed E-state index contributed by atoms with van der Waals surface area (Å²) in [6, 6.07) is 0. The van der Waals surface area contributed by atoms with Crippen LogP contribution in [0.25, 0.3) is 0 Å². The van der Waals surface area contributed by atoms with Gasteiger partial charge in [0.1, 0.15) is 0 Å². The highest BCUT2D eigenvalue weighted by Crippen LogP contribution is 2.64. The van der Waals surface area contributed by atoms with Crippen LogP contribution in [-0.4, -0.2) is 38.0 Å². The molecule has 3 nitrogen and oxygen atoms in total. The molecule has 17 heavy (non-hydrogen) atoms. The van der Waals surface area contributed by atoms with E-state index in [2.05, 4.69) is 0 Å². The average Bonchev–Trinajstić information content (AvgIpc) is 2.57. The maximum absolute atomic E-state index is 13.6. The van der Waals surface area contributed by atoms with Crippen molar-refractivity contribution in [3.8, 4) is 0 Å². The zero-order valence-electron chi connectivity index (χ0n) is 10.9. The van der Waals surface area contributed by atoms with Crippen LogP contribution in [-0.2, 0) is 14.0 Å². The normalized spacial score (nSPS) is 37.2. The molecule has 0 aromatic heterocycles. The zero-order valence-corrected chi connectivity index (χ0v) is 10.9. The summed E-state index contributed by atoms with van der Waals surface area (Å²) in [5.41, 5.74) is -1.12. The van der Waals surface area contributed by atoms with Gasteiger partial charge in [0.15, 0.2) is 0 Å². The lowest BCUT2D eigenvalue weighted by molar-refractivity contribution is 0.00578. The van der Waals surface area contributed by atoms with Crippen molar-refractivity contribution >= 4 is 7.12 Å². The first-order valence-electron chi connectivity index (χ1n) is 5.86. The van der Waals surface area contributed by atoms with Crippen LogP contribution < -0.4 is 0 Å². The minimum Gasteiger partial charge on any atom is -0.403 e. The van der Waals surface area contributed by atoms with E-state index in [1.807, 2.05) is 27.7 Å². The fraction of sp³-hybridized carbons (Fsp3) is 1.00. The van der Waals surface area contributed by atoms with Crippen LogP contribution >= 0.6 is 0 Å². The molecule has 0 spiro atoms. The molecule has 98 valence electrons. The van der Waals surface area contributed by atoms with Gasteiger partial charge in [-0.3, -0.25) is 0 Å². The second kappa shape index (κ2) is 3.65. The van der Waals surface area contributed by atoms with Gasteiger partial charge in [0, 0.05) is 7.11 Å². The molecule has 2 fully saturated rings. The second-order valence-electron chi connectivity index (χ2n) is 5.89. The van der Waals surface area contributed by atoms with Crippen molar-refractivity contribution in [2.24, 2.45) is 5.92 Å². The molecule has 6 heteroatoms. The summed E-state index contributed by atoms with van der Waals surface area (Å²) < 4.78 is 43.2. The summed E-state index contributed by atoms with van der Waals surface area (Å²) in [4.78, 5) is 0. The highest BCUT2D eigenvalue weighted by atomic mass is 19.3. The minimum atomic E-state index is -2.74. The average molecular weight is 248 g/mol. The van der Waals surface area contributed by atoms with Crippen LogP contribution in [0.3, 0.4) is 0 Å². The number of ether oxygens (including phenoxy) is 1. The smallest absolute Gasteiger partial charge is 0.403 e. The third-order valence-corrected chi connectivity index (χ3v) is 4.17. The van der Waals surface area contributed by atoms with Gasteiger partial charge in [-0.25, -0.2) is 8.78 Å². The van der Waals surface area contributed by atoms with Gasteiger partial charge in [-0.15, -0.1) is 0 Å². The molecule has 2 atom stereocenters. The van der Waals surface area contributed by atoms with E-state index in [1.165, 1.54) is 7.11 Å². The van der Waals surface area contributed by atoms with Gasteiger partial charge < -0.3 is 14.0 Å². The van der Waals surface area contributed by atoms with Crippen molar-refractivity contribution in [1.29, 1.82) is 0 Å². The number of hydrogen-bond donors (Lipinski definition) is 0. The van der Waals surface area contributed by atoms with E-state index in [0.717, 1.165) is 0 Å². The Balaban J connectivity index is 2.08. The molecule has 2 aliphatic rings. The highest BCUT2D eigenvalue weighted by Gasteiger charge is 2.76. The molecular weight excluding hydrogens is 229 g/mol. The summed E-state index contributed by atoms with van der Waals surface area (Å²) in [5, 5.41) is 0. The molecule has 0 aromatic carbocycles. The van der Waals surface area contributed by atoms with E-state index >= 15 is 0 Å². The van der Waals surface area contributed by atoms with Gasteiger partial charge in [0.05, 0.1) is 29.5 Å². The summed E-state index contributed by atoms with van der Waals surface area (Å²) in [6.07, 6.45) is 0. The zero-order chi connectivity index (χ0) is 13.1. The first-order valence-corrected chi connectivity index (χ1v) is 5.86. The fourth-order valence-corrected chi connectivity index (χ4v) is 2.22. The number of alkyl halides is 2. The largest absolute Gasteiger partial charge is 0.467 e. The van der Waals surface area contributed by atoms with Crippen LogP contribution in [0.4, 0.5) is 8.78 Å². The number of halogens is 2. The molecular formula is C11H19BF2O3. The molecule has 1 saturated heterocycles. The van der Waals surface area contributed by atoms with Crippen molar-refractivity contribution in [3.05, 3.63) is 0 Å². The molecule has 1 aliphatic carbocycles. The second-order valence-corrected chi connectivity index (χ2v) is 5.89. The van der Waals surface area contributed by atoms with E-state index in [0.29, 0.717) is 0 Å². The number of hydrogen-bond acceptors (Lipinski definition) is 3. The number of rotatable bonds is 3. The van der Waals surface area contributed by atoms with Gasteiger partial charge in [0.25, 0.3) is 5.92 Å². The van der Waals surface area contributed by atoms with Crippen molar-refractivity contribution in [1.82, 2.24) is 0 Å². The van der Waals surface area contributed by atoms with E-state index in [1.54, 1.807) is 0 Å². The maximum Gasteiger partial charge on any atom is 0.467 e. The van der Waals surface area contributed by atoms with Gasteiger partial charge >= 0.3 is 7.12 Å². The molecule has 0 amide bonds. The first-order chi connectivity index (χ1) is 7.63. The Labute approximate surface area is 101 Å². The molecule has 2 rings (SSSR count). The van der Waals surface area contributed by atoms with E-state index in [9.17, 15) is 8.78 Å². The highest BCUT2D eigenvalue weighted by molar-refractivity contribution is 6.49. The minimum absolute atomic E-state index is 0.0434. The molecule has 1 heterocycles. The standard InChI is InChI=1S/C11H19BF2O3/c1-9(2)10(3,4)17-12(16-9)8-7(6-15-5)11(8,13)14/h7-8H,6H2,1-5H3/t7-,8-/m1/s1. The van der Waals surface area contributed by atoms with Gasteiger partial charge in [-0.05, 0) is 27.7 Å². The van der Waals surface area contributed by atoms with Crippen LogP contribution in [0.1, 0.15) is 27.7 Å². The summed E-state index contributed by atoms with van der Waals surface area (Å²) in [6.45, 7) is 7.48. The topological polar surface area (TPSA) is 27.7 Å². The lowest BCUT2D eigenvalue weighted by atomic mass is 9.80. The quantitative estimate of drug-likeness (QED) is 0.717. The Kier molecular flexibility index (Phi) is 2.84. The molecule has 0 bridgehead atoms.